The molecule has 0 N–H and O–H groups in total. The number of halogens is 3. The van der Waals surface area contributed by atoms with Gasteiger partial charge in [-0.05, 0) is 26.8 Å². The topological polar surface area (TPSA) is 17.1 Å². The highest BCUT2D eigenvalue weighted by molar-refractivity contribution is 6.37. The van der Waals surface area contributed by atoms with E-state index in [1.54, 1.807) is 13.8 Å². The Morgan fingerprint density at radius 3 is 2.29 bits per heavy atom. The molecular weight excluding hydrogens is 226 g/mol. The summed E-state index contributed by atoms with van der Waals surface area (Å²) in [5.74, 6) is -0.210. The van der Waals surface area contributed by atoms with E-state index in [0.29, 0.717) is 5.57 Å². The standard InChI is InChI=1S/C10H13Cl2FO/c1-7(14)9(10(2,3)12)8(11)5-4-6-13/h4-5H,6H2,1-3H3/b5-4-,9-8+. The van der Waals surface area contributed by atoms with Gasteiger partial charge in [0.05, 0.1) is 4.87 Å². The molecule has 0 aliphatic carbocycles. The number of allylic oxidation sites excluding steroid dienone is 4. The van der Waals surface area contributed by atoms with E-state index in [9.17, 15) is 9.18 Å². The number of hydrogen-bond acceptors (Lipinski definition) is 1. The van der Waals surface area contributed by atoms with Gasteiger partial charge in [-0.3, -0.25) is 4.79 Å². The molecular formula is C10H13Cl2FO. The quantitative estimate of drug-likeness (QED) is 0.416. The molecule has 0 spiro atoms. The molecule has 0 heterocycles. The molecule has 0 saturated carbocycles. The second-order valence-corrected chi connectivity index (χ2v) is 4.66. The molecule has 1 nitrogen and oxygen atoms in total. The molecule has 0 unspecified atom stereocenters. The van der Waals surface area contributed by atoms with Crippen molar-refractivity contribution in [1.29, 1.82) is 0 Å². The minimum atomic E-state index is -0.844. The summed E-state index contributed by atoms with van der Waals surface area (Å²) >= 11 is 11.8. The summed E-state index contributed by atoms with van der Waals surface area (Å²) < 4.78 is 11.8. The van der Waals surface area contributed by atoms with E-state index >= 15 is 0 Å². The Morgan fingerprint density at radius 2 is 2.00 bits per heavy atom. The zero-order chi connectivity index (χ0) is 11.4. The minimum absolute atomic E-state index is 0.190. The maximum atomic E-state index is 11.8. The van der Waals surface area contributed by atoms with Gasteiger partial charge in [0.2, 0.25) is 0 Å². The van der Waals surface area contributed by atoms with E-state index in [4.69, 9.17) is 23.2 Å². The number of hydrogen-bond donors (Lipinski definition) is 0. The van der Waals surface area contributed by atoms with Crippen LogP contribution < -0.4 is 0 Å². The van der Waals surface area contributed by atoms with E-state index in [-0.39, 0.29) is 10.8 Å². The fourth-order valence-corrected chi connectivity index (χ4v) is 1.84. The van der Waals surface area contributed by atoms with E-state index < -0.39 is 11.5 Å². The largest absolute Gasteiger partial charge is 0.295 e. The van der Waals surface area contributed by atoms with Crippen LogP contribution in [0, 0.1) is 0 Å². The fourth-order valence-electron chi connectivity index (χ4n) is 1.10. The highest BCUT2D eigenvalue weighted by atomic mass is 35.5. The lowest BCUT2D eigenvalue weighted by atomic mass is 9.98. The predicted octanol–water partition coefficient (Wildman–Crippen LogP) is 3.61. The van der Waals surface area contributed by atoms with Crippen molar-refractivity contribution in [2.75, 3.05) is 6.67 Å². The van der Waals surface area contributed by atoms with E-state index in [1.807, 2.05) is 0 Å². The smallest absolute Gasteiger partial charge is 0.159 e. The van der Waals surface area contributed by atoms with Crippen LogP contribution in [-0.4, -0.2) is 17.3 Å². The molecule has 0 aromatic heterocycles. The summed E-state index contributed by atoms with van der Waals surface area (Å²) in [6, 6.07) is 0. The van der Waals surface area contributed by atoms with E-state index in [2.05, 4.69) is 0 Å². The first-order valence-corrected chi connectivity index (χ1v) is 4.89. The Kier molecular flexibility index (Phi) is 5.38. The number of Topliss-reactive ketones (excluding diaryl/α,β-unsaturated/α-hetero) is 1. The Balaban J connectivity index is 5.18. The van der Waals surface area contributed by atoms with Crippen LogP contribution in [0.2, 0.25) is 0 Å². The first kappa shape index (κ1) is 13.7. The van der Waals surface area contributed by atoms with Gasteiger partial charge in [0.25, 0.3) is 0 Å². The molecule has 0 amide bonds. The lowest BCUT2D eigenvalue weighted by Crippen LogP contribution is -2.21. The first-order chi connectivity index (χ1) is 6.30. The van der Waals surface area contributed by atoms with E-state index in [1.165, 1.54) is 19.1 Å². The van der Waals surface area contributed by atoms with Gasteiger partial charge in [-0.15, -0.1) is 11.6 Å². The maximum absolute atomic E-state index is 11.8. The first-order valence-electron chi connectivity index (χ1n) is 4.13. The second-order valence-electron chi connectivity index (χ2n) is 3.31. The van der Waals surface area contributed by atoms with Crippen LogP contribution in [0.4, 0.5) is 4.39 Å². The van der Waals surface area contributed by atoms with Crippen LogP contribution in [0.25, 0.3) is 0 Å². The molecule has 14 heavy (non-hydrogen) atoms. The Bertz CT molecular complexity index is 274. The molecule has 0 aliphatic heterocycles. The van der Waals surface area contributed by atoms with Crippen molar-refractivity contribution in [3.63, 3.8) is 0 Å². The molecule has 0 atom stereocenters. The average molecular weight is 239 g/mol. The molecule has 0 aromatic rings. The SMILES string of the molecule is CC(=O)/C(=C(Cl)/C=C\CF)C(C)(C)Cl. The minimum Gasteiger partial charge on any atom is -0.295 e. The summed E-state index contributed by atoms with van der Waals surface area (Å²) in [7, 11) is 0. The molecule has 0 aromatic carbocycles. The summed E-state index contributed by atoms with van der Waals surface area (Å²) in [5.41, 5.74) is 0.297. The number of alkyl halides is 2. The number of carbonyl (C=O) groups is 1. The van der Waals surface area contributed by atoms with Crippen LogP contribution >= 0.6 is 23.2 Å². The van der Waals surface area contributed by atoms with Crippen molar-refractivity contribution in [3.8, 4) is 0 Å². The lowest BCUT2D eigenvalue weighted by Gasteiger charge is -2.18. The molecule has 0 rings (SSSR count). The Morgan fingerprint density at radius 1 is 1.50 bits per heavy atom. The second kappa shape index (κ2) is 5.52. The van der Waals surface area contributed by atoms with Crippen molar-refractivity contribution in [2.24, 2.45) is 0 Å². The van der Waals surface area contributed by atoms with Gasteiger partial charge in [0, 0.05) is 10.6 Å². The average Bonchev–Trinajstić information content (AvgIpc) is 1.97. The zero-order valence-electron chi connectivity index (χ0n) is 8.40. The van der Waals surface area contributed by atoms with Gasteiger partial charge >= 0.3 is 0 Å². The van der Waals surface area contributed by atoms with Crippen LogP contribution in [0.3, 0.4) is 0 Å². The summed E-state index contributed by atoms with van der Waals surface area (Å²) in [6.45, 7) is 4.09. The number of rotatable bonds is 4. The third-order valence-corrected chi connectivity index (χ3v) is 2.04. The highest BCUT2D eigenvalue weighted by Crippen LogP contribution is 2.29. The Labute approximate surface area is 93.6 Å². The summed E-state index contributed by atoms with van der Waals surface area (Å²) in [4.78, 5) is 10.4. The van der Waals surface area contributed by atoms with Gasteiger partial charge in [-0.1, -0.05) is 17.7 Å². The Hall–Kier alpha value is -0.340. The number of ketones is 1. The predicted molar refractivity (Wildman–Crippen MR) is 58.6 cm³/mol. The van der Waals surface area contributed by atoms with Crippen molar-refractivity contribution in [2.45, 2.75) is 25.6 Å². The normalized spacial score (nSPS) is 14.4. The summed E-state index contributed by atoms with van der Waals surface area (Å²) in [6.07, 6.45) is 2.58. The van der Waals surface area contributed by atoms with Crippen LogP contribution in [0.15, 0.2) is 22.8 Å². The third-order valence-electron chi connectivity index (χ3n) is 1.54. The number of carbonyl (C=O) groups excluding carboxylic acids is 1. The molecule has 0 bridgehead atoms. The van der Waals surface area contributed by atoms with Gasteiger partial charge < -0.3 is 0 Å². The molecule has 0 radical (unpaired) electrons. The maximum Gasteiger partial charge on any atom is 0.159 e. The molecule has 0 saturated heterocycles. The van der Waals surface area contributed by atoms with Gasteiger partial charge in [-0.25, -0.2) is 4.39 Å². The van der Waals surface area contributed by atoms with Crippen molar-refractivity contribution in [1.82, 2.24) is 0 Å². The van der Waals surface area contributed by atoms with Crippen LogP contribution in [0.5, 0.6) is 0 Å². The van der Waals surface area contributed by atoms with Crippen molar-refractivity contribution < 1.29 is 9.18 Å². The molecule has 80 valence electrons. The third kappa shape index (κ3) is 4.25. The lowest BCUT2D eigenvalue weighted by molar-refractivity contribution is -0.113. The van der Waals surface area contributed by atoms with Crippen molar-refractivity contribution in [3.05, 3.63) is 22.8 Å². The van der Waals surface area contributed by atoms with Gasteiger partial charge in [0.15, 0.2) is 5.78 Å². The van der Waals surface area contributed by atoms with Crippen molar-refractivity contribution >= 4 is 29.0 Å². The molecule has 4 heteroatoms. The van der Waals surface area contributed by atoms with Gasteiger partial charge in [-0.2, -0.15) is 0 Å². The van der Waals surface area contributed by atoms with Crippen LogP contribution in [-0.2, 0) is 4.79 Å². The van der Waals surface area contributed by atoms with Crippen LogP contribution in [0.1, 0.15) is 20.8 Å². The highest BCUT2D eigenvalue weighted by Gasteiger charge is 2.25. The summed E-state index contributed by atoms with van der Waals surface area (Å²) in [5, 5.41) is 0.190. The van der Waals surface area contributed by atoms with E-state index in [0.717, 1.165) is 0 Å². The monoisotopic (exact) mass is 238 g/mol. The fraction of sp³-hybridized carbons (Fsp3) is 0.500. The molecule has 0 aliphatic rings. The molecule has 0 fully saturated rings. The zero-order valence-corrected chi connectivity index (χ0v) is 9.92. The van der Waals surface area contributed by atoms with Gasteiger partial charge in [0.1, 0.15) is 6.67 Å².